The van der Waals surface area contributed by atoms with Crippen molar-refractivity contribution in [1.29, 1.82) is 0 Å². The number of carbonyl (C=O) groups is 4. The van der Waals surface area contributed by atoms with Gasteiger partial charge in [-0.1, -0.05) is 6.07 Å². The number of aromatic amines is 1. The maximum Gasteiger partial charge on any atom is 0.410 e. The van der Waals surface area contributed by atoms with Gasteiger partial charge in [-0.2, -0.15) is 5.10 Å². The first-order chi connectivity index (χ1) is 20.1. The number of anilines is 2. The van der Waals surface area contributed by atoms with Gasteiger partial charge >= 0.3 is 6.09 Å². The number of aromatic nitrogens is 2. The Bertz CT molecular complexity index is 1610. The molecule has 42 heavy (non-hydrogen) atoms. The Kier molecular flexibility index (Phi) is 8.25. The van der Waals surface area contributed by atoms with Crippen LogP contribution in [-0.2, 0) is 16.1 Å². The van der Waals surface area contributed by atoms with Crippen LogP contribution >= 0.6 is 11.3 Å². The van der Waals surface area contributed by atoms with Gasteiger partial charge in [-0.05, 0) is 87.5 Å². The Morgan fingerprint density at radius 3 is 2.50 bits per heavy atom. The molecule has 11 nitrogen and oxygen atoms in total. The van der Waals surface area contributed by atoms with E-state index in [1.165, 1.54) is 4.90 Å². The number of amides is 4. The summed E-state index contributed by atoms with van der Waals surface area (Å²) < 4.78 is 5.44. The Hall–Kier alpha value is -4.71. The first kappa shape index (κ1) is 28.8. The monoisotopic (exact) mass is 588 g/mol. The van der Waals surface area contributed by atoms with Gasteiger partial charge in [0, 0.05) is 33.6 Å². The van der Waals surface area contributed by atoms with Crippen LogP contribution < -0.4 is 16.0 Å². The average Bonchev–Trinajstić information content (AvgIpc) is 3.72. The Morgan fingerprint density at radius 1 is 1.02 bits per heavy atom. The molecule has 4 N–H and O–H groups in total. The predicted molar refractivity (Wildman–Crippen MR) is 161 cm³/mol. The predicted octanol–water partition coefficient (Wildman–Crippen LogP) is 5.14. The van der Waals surface area contributed by atoms with Gasteiger partial charge in [-0.25, -0.2) is 4.79 Å². The minimum absolute atomic E-state index is 0.228. The van der Waals surface area contributed by atoms with Gasteiger partial charge in [-0.15, -0.1) is 11.3 Å². The van der Waals surface area contributed by atoms with Gasteiger partial charge in [-0.3, -0.25) is 24.4 Å². The van der Waals surface area contributed by atoms with Crippen molar-refractivity contribution in [2.45, 2.75) is 51.8 Å². The van der Waals surface area contributed by atoms with E-state index in [4.69, 9.17) is 4.74 Å². The second-order valence-corrected chi connectivity index (χ2v) is 12.0. The normalized spacial score (nSPS) is 14.9. The van der Waals surface area contributed by atoms with Crippen LogP contribution in [0.2, 0.25) is 0 Å². The fourth-order valence-corrected chi connectivity index (χ4v) is 5.27. The van der Waals surface area contributed by atoms with Crippen LogP contribution in [-0.4, -0.2) is 57.1 Å². The molecule has 1 aliphatic heterocycles. The molecule has 4 aromatic rings. The van der Waals surface area contributed by atoms with Crippen LogP contribution in [0.4, 0.5) is 16.3 Å². The van der Waals surface area contributed by atoms with E-state index in [-0.39, 0.29) is 11.8 Å². The lowest BCUT2D eigenvalue weighted by Gasteiger charge is -2.28. The molecule has 2 aromatic carbocycles. The molecule has 12 heteroatoms. The molecule has 0 saturated carbocycles. The molecule has 3 heterocycles. The molecule has 4 amide bonds. The minimum Gasteiger partial charge on any atom is -0.444 e. The Balaban J connectivity index is 1.20. The number of thiophene rings is 1. The number of ether oxygens (including phenoxy) is 1. The van der Waals surface area contributed by atoms with Gasteiger partial charge in [0.25, 0.3) is 11.8 Å². The van der Waals surface area contributed by atoms with Crippen molar-refractivity contribution in [3.8, 4) is 0 Å². The highest BCUT2D eigenvalue weighted by Gasteiger charge is 2.36. The van der Waals surface area contributed by atoms with E-state index >= 15 is 0 Å². The van der Waals surface area contributed by atoms with Gasteiger partial charge in [0.1, 0.15) is 11.6 Å². The molecule has 1 fully saturated rings. The largest absolute Gasteiger partial charge is 0.444 e. The summed E-state index contributed by atoms with van der Waals surface area (Å²) in [6, 6.07) is 14.8. The van der Waals surface area contributed by atoms with Crippen molar-refractivity contribution in [1.82, 2.24) is 20.4 Å². The molecular weight excluding hydrogens is 556 g/mol. The van der Waals surface area contributed by atoms with Crippen LogP contribution in [0.25, 0.3) is 10.9 Å². The zero-order chi connectivity index (χ0) is 29.9. The number of nitrogens with one attached hydrogen (secondary N) is 4. The van der Waals surface area contributed by atoms with E-state index in [1.807, 2.05) is 17.5 Å². The quantitative estimate of drug-likeness (QED) is 0.235. The molecule has 1 saturated heterocycles. The van der Waals surface area contributed by atoms with Crippen molar-refractivity contribution < 1.29 is 23.9 Å². The summed E-state index contributed by atoms with van der Waals surface area (Å²) in [7, 11) is 0. The summed E-state index contributed by atoms with van der Waals surface area (Å²) in [5, 5.41) is 18.1. The van der Waals surface area contributed by atoms with Gasteiger partial charge in [0.2, 0.25) is 5.91 Å². The SMILES string of the molecule is CC(C)(C)OC(=O)N1CCC[C@@H]1C(=O)Nc1ccc(C(=O)Nc2n[nH]c3ccc(C(=O)NCc4cccs4)cc23)cc1. The third kappa shape index (κ3) is 6.77. The van der Waals surface area contributed by atoms with Crippen molar-refractivity contribution in [2.24, 2.45) is 0 Å². The summed E-state index contributed by atoms with van der Waals surface area (Å²) in [6.07, 6.45) is 0.741. The fraction of sp³-hybridized carbons (Fsp3) is 0.300. The zero-order valence-corrected chi connectivity index (χ0v) is 24.3. The summed E-state index contributed by atoms with van der Waals surface area (Å²) >= 11 is 1.57. The maximum absolute atomic E-state index is 13.0. The fourth-order valence-electron chi connectivity index (χ4n) is 4.62. The second kappa shape index (κ2) is 12.0. The van der Waals surface area contributed by atoms with Crippen LogP contribution in [0.1, 0.15) is 59.2 Å². The smallest absolute Gasteiger partial charge is 0.410 e. The molecule has 5 rings (SSSR count). The van der Waals surface area contributed by atoms with E-state index in [1.54, 1.807) is 74.6 Å². The molecule has 0 aliphatic carbocycles. The number of rotatable bonds is 7. The highest BCUT2D eigenvalue weighted by molar-refractivity contribution is 7.09. The van der Waals surface area contributed by atoms with E-state index in [0.29, 0.717) is 59.5 Å². The number of likely N-dealkylation sites (tertiary alicyclic amines) is 1. The topological polar surface area (TPSA) is 146 Å². The summed E-state index contributed by atoms with van der Waals surface area (Å²) in [5.41, 5.74) is 1.32. The van der Waals surface area contributed by atoms with Crippen molar-refractivity contribution in [3.05, 3.63) is 76.0 Å². The van der Waals surface area contributed by atoms with Crippen molar-refractivity contribution in [3.63, 3.8) is 0 Å². The molecule has 218 valence electrons. The molecule has 0 bridgehead atoms. The maximum atomic E-state index is 13.0. The Morgan fingerprint density at radius 2 is 1.79 bits per heavy atom. The number of fused-ring (bicyclic) bond motifs is 1. The third-order valence-electron chi connectivity index (χ3n) is 6.66. The number of carbonyl (C=O) groups excluding carboxylic acids is 4. The summed E-state index contributed by atoms with van der Waals surface area (Å²) in [4.78, 5) is 53.7. The molecular formula is C30H32N6O5S. The van der Waals surface area contributed by atoms with Crippen LogP contribution in [0.3, 0.4) is 0 Å². The lowest BCUT2D eigenvalue weighted by atomic mass is 10.1. The zero-order valence-electron chi connectivity index (χ0n) is 23.5. The molecule has 1 atom stereocenters. The van der Waals surface area contributed by atoms with E-state index in [0.717, 1.165) is 4.88 Å². The molecule has 0 spiro atoms. The number of H-pyrrole nitrogens is 1. The van der Waals surface area contributed by atoms with E-state index in [9.17, 15) is 19.2 Å². The van der Waals surface area contributed by atoms with Gasteiger partial charge in [0.05, 0.1) is 12.1 Å². The minimum atomic E-state index is -0.652. The van der Waals surface area contributed by atoms with Crippen molar-refractivity contribution >= 4 is 57.6 Å². The van der Waals surface area contributed by atoms with E-state index in [2.05, 4.69) is 26.1 Å². The average molecular weight is 589 g/mol. The highest BCUT2D eigenvalue weighted by atomic mass is 32.1. The number of hydrogen-bond acceptors (Lipinski definition) is 7. The lowest BCUT2D eigenvalue weighted by molar-refractivity contribution is -0.120. The Labute approximate surface area is 246 Å². The summed E-state index contributed by atoms with van der Waals surface area (Å²) in [5.74, 6) is -0.647. The molecule has 2 aromatic heterocycles. The molecule has 1 aliphatic rings. The first-order valence-electron chi connectivity index (χ1n) is 13.6. The second-order valence-electron chi connectivity index (χ2n) is 10.9. The standard InChI is InChI=1S/C30H32N6O5S/c1-30(2,3)41-29(40)36-14-4-7-24(36)28(39)32-20-11-8-18(9-12-20)27(38)33-25-22-16-19(10-13-23(22)34-35-25)26(37)31-17-21-6-5-15-42-21/h5-6,8-13,15-16,24H,4,7,14,17H2,1-3H3,(H,31,37)(H,32,39)(H2,33,34,35,38)/t24-/m1/s1. The first-order valence-corrected chi connectivity index (χ1v) is 14.5. The third-order valence-corrected chi connectivity index (χ3v) is 7.53. The van der Waals surface area contributed by atoms with Crippen LogP contribution in [0.5, 0.6) is 0 Å². The molecule has 0 unspecified atom stereocenters. The van der Waals surface area contributed by atoms with Crippen LogP contribution in [0, 0.1) is 0 Å². The van der Waals surface area contributed by atoms with Crippen molar-refractivity contribution in [2.75, 3.05) is 17.2 Å². The number of hydrogen-bond donors (Lipinski definition) is 4. The number of nitrogens with zero attached hydrogens (tertiary/aromatic N) is 2. The van der Waals surface area contributed by atoms with E-state index < -0.39 is 23.6 Å². The summed E-state index contributed by atoms with van der Waals surface area (Å²) in [6.45, 7) is 6.24. The van der Waals surface area contributed by atoms with Gasteiger partial charge in [0.15, 0.2) is 5.82 Å². The highest BCUT2D eigenvalue weighted by Crippen LogP contribution is 2.24. The van der Waals surface area contributed by atoms with Gasteiger partial charge < -0.3 is 20.7 Å². The lowest BCUT2D eigenvalue weighted by Crippen LogP contribution is -2.45. The number of benzene rings is 2. The molecule has 0 radical (unpaired) electrons. The van der Waals surface area contributed by atoms with Crippen LogP contribution in [0.15, 0.2) is 60.0 Å².